The van der Waals surface area contributed by atoms with Crippen molar-refractivity contribution in [3.8, 4) is 11.5 Å². The summed E-state index contributed by atoms with van der Waals surface area (Å²) in [6, 6.07) is 11.3. The van der Waals surface area contributed by atoms with Crippen LogP contribution in [0.15, 0.2) is 47.4 Å². The van der Waals surface area contributed by atoms with Gasteiger partial charge in [-0.25, -0.2) is 13.1 Å². The van der Waals surface area contributed by atoms with Gasteiger partial charge in [0.1, 0.15) is 0 Å². The van der Waals surface area contributed by atoms with Crippen LogP contribution >= 0.6 is 22.6 Å². The lowest BCUT2D eigenvalue weighted by atomic mass is 10.3. The molecule has 2 aromatic carbocycles. The van der Waals surface area contributed by atoms with E-state index in [4.69, 9.17) is 9.47 Å². The fourth-order valence-electron chi connectivity index (χ4n) is 2.04. The second kappa shape index (κ2) is 6.95. The average Bonchev–Trinajstić information content (AvgIpc) is 3.01. The highest BCUT2D eigenvalue weighted by Gasteiger charge is 2.17. The molecule has 0 fully saturated rings. The van der Waals surface area contributed by atoms with Gasteiger partial charge in [-0.2, -0.15) is 0 Å². The summed E-state index contributed by atoms with van der Waals surface area (Å²) >= 11 is 2.08. The molecule has 1 aliphatic heterocycles. The van der Waals surface area contributed by atoms with Crippen molar-refractivity contribution in [1.82, 2.24) is 4.72 Å². The molecule has 1 heterocycles. The summed E-state index contributed by atoms with van der Waals surface area (Å²) in [7, 11) is -3.73. The van der Waals surface area contributed by atoms with Crippen LogP contribution < -0.4 is 19.5 Å². The molecule has 0 atom stereocenters. The first-order valence-electron chi connectivity index (χ1n) is 6.89. The zero-order valence-corrected chi connectivity index (χ0v) is 15.3. The van der Waals surface area contributed by atoms with E-state index < -0.39 is 15.9 Å². The van der Waals surface area contributed by atoms with E-state index in [0.29, 0.717) is 17.2 Å². The van der Waals surface area contributed by atoms with E-state index in [2.05, 4.69) is 32.6 Å². The van der Waals surface area contributed by atoms with Gasteiger partial charge in [-0.05, 0) is 59.0 Å². The SMILES string of the molecule is O=C(CNS(=O)(=O)c1ccc(I)cc1)Nc1ccc2c(c1)OCO2. The largest absolute Gasteiger partial charge is 0.454 e. The zero-order valence-electron chi connectivity index (χ0n) is 12.3. The third kappa shape index (κ3) is 3.97. The first kappa shape index (κ1) is 17.0. The number of hydrogen-bond donors (Lipinski definition) is 2. The number of carbonyl (C=O) groups excluding carboxylic acids is 1. The molecule has 0 aromatic heterocycles. The van der Waals surface area contributed by atoms with Gasteiger partial charge in [-0.15, -0.1) is 0 Å². The lowest BCUT2D eigenvalue weighted by molar-refractivity contribution is -0.115. The molecule has 1 amide bonds. The Bertz CT molecular complexity index is 868. The Morgan fingerprint density at radius 1 is 1.08 bits per heavy atom. The number of halogens is 1. The summed E-state index contributed by atoms with van der Waals surface area (Å²) in [5.74, 6) is 0.655. The summed E-state index contributed by atoms with van der Waals surface area (Å²) in [6.45, 7) is -0.231. The highest BCUT2D eigenvalue weighted by Crippen LogP contribution is 2.34. The first-order valence-corrected chi connectivity index (χ1v) is 9.45. The molecule has 0 saturated carbocycles. The van der Waals surface area contributed by atoms with Gasteiger partial charge in [0, 0.05) is 15.3 Å². The molecule has 0 spiro atoms. The van der Waals surface area contributed by atoms with Gasteiger partial charge in [-0.3, -0.25) is 4.79 Å². The number of anilines is 1. The molecule has 2 N–H and O–H groups in total. The number of hydrogen-bond acceptors (Lipinski definition) is 5. The number of fused-ring (bicyclic) bond motifs is 1. The highest BCUT2D eigenvalue weighted by atomic mass is 127. The van der Waals surface area contributed by atoms with Crippen LogP contribution in [0.2, 0.25) is 0 Å². The number of sulfonamides is 1. The number of amides is 1. The van der Waals surface area contributed by atoms with Crippen LogP contribution in [-0.2, 0) is 14.8 Å². The van der Waals surface area contributed by atoms with Crippen molar-refractivity contribution in [2.24, 2.45) is 0 Å². The van der Waals surface area contributed by atoms with Crippen LogP contribution in [-0.4, -0.2) is 27.7 Å². The van der Waals surface area contributed by atoms with Gasteiger partial charge >= 0.3 is 0 Å². The molecule has 0 unspecified atom stereocenters. The predicted octanol–water partition coefficient (Wildman–Crippen LogP) is 1.94. The molecule has 24 heavy (non-hydrogen) atoms. The minimum absolute atomic E-state index is 0.110. The average molecular weight is 460 g/mol. The molecule has 126 valence electrons. The monoisotopic (exact) mass is 460 g/mol. The van der Waals surface area contributed by atoms with E-state index in [-0.39, 0.29) is 18.2 Å². The number of nitrogens with one attached hydrogen (secondary N) is 2. The second-order valence-corrected chi connectivity index (χ2v) is 7.91. The molecular weight excluding hydrogens is 447 g/mol. The van der Waals surface area contributed by atoms with Crippen LogP contribution in [0.3, 0.4) is 0 Å². The third-order valence-electron chi connectivity index (χ3n) is 3.20. The van der Waals surface area contributed by atoms with Crippen molar-refractivity contribution in [1.29, 1.82) is 0 Å². The Labute approximate surface area is 152 Å². The number of ether oxygens (including phenoxy) is 2. The molecule has 2 aromatic rings. The summed E-state index contributed by atoms with van der Waals surface area (Å²) in [5.41, 5.74) is 0.498. The Balaban J connectivity index is 1.60. The van der Waals surface area contributed by atoms with Gasteiger partial charge < -0.3 is 14.8 Å². The van der Waals surface area contributed by atoms with Crippen molar-refractivity contribution >= 4 is 44.2 Å². The maximum Gasteiger partial charge on any atom is 0.241 e. The van der Waals surface area contributed by atoms with Gasteiger partial charge in [-0.1, -0.05) is 0 Å². The Kier molecular flexibility index (Phi) is 4.92. The van der Waals surface area contributed by atoms with Crippen LogP contribution in [0.4, 0.5) is 5.69 Å². The number of carbonyl (C=O) groups is 1. The lowest BCUT2D eigenvalue weighted by Gasteiger charge is -2.08. The standard InChI is InChI=1S/C15H13IN2O5S/c16-10-1-4-12(5-2-10)24(20,21)17-8-15(19)18-11-3-6-13-14(7-11)23-9-22-13/h1-7,17H,8-9H2,(H,18,19). The van der Waals surface area contributed by atoms with E-state index in [9.17, 15) is 13.2 Å². The van der Waals surface area contributed by atoms with E-state index in [1.807, 2.05) is 0 Å². The van der Waals surface area contributed by atoms with Crippen molar-refractivity contribution in [2.75, 3.05) is 18.7 Å². The van der Waals surface area contributed by atoms with Crippen molar-refractivity contribution in [3.05, 3.63) is 46.0 Å². The minimum atomic E-state index is -3.73. The Morgan fingerprint density at radius 3 is 2.54 bits per heavy atom. The Morgan fingerprint density at radius 2 is 1.79 bits per heavy atom. The smallest absolute Gasteiger partial charge is 0.241 e. The zero-order chi connectivity index (χ0) is 17.2. The molecule has 9 heteroatoms. The summed E-state index contributed by atoms with van der Waals surface area (Å²) in [4.78, 5) is 12.0. The molecule has 0 bridgehead atoms. The first-order chi connectivity index (χ1) is 11.4. The van der Waals surface area contributed by atoms with Crippen molar-refractivity contribution in [2.45, 2.75) is 4.90 Å². The highest BCUT2D eigenvalue weighted by molar-refractivity contribution is 14.1. The third-order valence-corrected chi connectivity index (χ3v) is 5.34. The number of rotatable bonds is 5. The van der Waals surface area contributed by atoms with Crippen LogP contribution in [0.1, 0.15) is 0 Å². The maximum absolute atomic E-state index is 12.1. The second-order valence-electron chi connectivity index (χ2n) is 4.89. The van der Waals surface area contributed by atoms with Gasteiger partial charge in [0.15, 0.2) is 11.5 Å². The topological polar surface area (TPSA) is 93.7 Å². The molecular formula is C15H13IN2O5S. The van der Waals surface area contributed by atoms with Crippen LogP contribution in [0.25, 0.3) is 0 Å². The number of benzene rings is 2. The van der Waals surface area contributed by atoms with E-state index in [0.717, 1.165) is 3.57 Å². The Hall–Kier alpha value is -1.85. The van der Waals surface area contributed by atoms with E-state index >= 15 is 0 Å². The summed E-state index contributed by atoms with van der Waals surface area (Å²) in [5, 5.41) is 2.60. The fourth-order valence-corrected chi connectivity index (χ4v) is 3.38. The van der Waals surface area contributed by atoms with Gasteiger partial charge in [0.05, 0.1) is 11.4 Å². The summed E-state index contributed by atoms with van der Waals surface area (Å²) in [6.07, 6.45) is 0. The molecule has 3 rings (SSSR count). The predicted molar refractivity (Wildman–Crippen MR) is 95.5 cm³/mol. The van der Waals surface area contributed by atoms with Crippen molar-refractivity contribution in [3.63, 3.8) is 0 Å². The maximum atomic E-state index is 12.1. The fraction of sp³-hybridized carbons (Fsp3) is 0.133. The van der Waals surface area contributed by atoms with Gasteiger partial charge in [0.2, 0.25) is 22.7 Å². The van der Waals surface area contributed by atoms with Gasteiger partial charge in [0.25, 0.3) is 0 Å². The molecule has 0 radical (unpaired) electrons. The van der Waals surface area contributed by atoms with Crippen molar-refractivity contribution < 1.29 is 22.7 Å². The van der Waals surface area contributed by atoms with Crippen LogP contribution in [0, 0.1) is 3.57 Å². The molecule has 0 saturated heterocycles. The quantitative estimate of drug-likeness (QED) is 0.666. The molecule has 7 nitrogen and oxygen atoms in total. The summed E-state index contributed by atoms with van der Waals surface area (Å²) < 4.78 is 37.8. The van der Waals surface area contributed by atoms with E-state index in [1.165, 1.54) is 12.1 Å². The molecule has 0 aliphatic carbocycles. The van der Waals surface area contributed by atoms with E-state index in [1.54, 1.807) is 30.3 Å². The molecule has 1 aliphatic rings. The lowest BCUT2D eigenvalue weighted by Crippen LogP contribution is -2.32. The minimum Gasteiger partial charge on any atom is -0.454 e. The van der Waals surface area contributed by atoms with Crippen LogP contribution in [0.5, 0.6) is 11.5 Å². The normalized spacial score (nSPS) is 12.9.